The molecule has 0 aromatic carbocycles. The Balaban J connectivity index is 3.37. The third-order valence-electron chi connectivity index (χ3n) is 1.94. The van der Waals surface area contributed by atoms with Crippen molar-refractivity contribution in [3.8, 4) is 0 Å². The molecule has 13 heavy (non-hydrogen) atoms. The first-order chi connectivity index (χ1) is 6.07. The fraction of sp³-hybridized carbons (Fsp3) is 0.400. The topological polar surface area (TPSA) is 30.2 Å². The molecule has 70 valence electrons. The molecule has 3 nitrogen and oxygen atoms in total. The van der Waals surface area contributed by atoms with E-state index in [1.54, 1.807) is 7.05 Å². The van der Waals surface area contributed by atoms with Crippen molar-refractivity contribution < 1.29 is 0 Å². The van der Waals surface area contributed by atoms with Crippen molar-refractivity contribution in [3.63, 3.8) is 0 Å². The van der Waals surface area contributed by atoms with Gasteiger partial charge in [-0.25, -0.2) is 0 Å². The van der Waals surface area contributed by atoms with Gasteiger partial charge in [-0.2, -0.15) is 5.10 Å². The van der Waals surface area contributed by atoms with Gasteiger partial charge in [-0.3, -0.25) is 9.67 Å². The van der Waals surface area contributed by atoms with E-state index in [2.05, 4.69) is 16.7 Å². The fourth-order valence-corrected chi connectivity index (χ4v) is 1.47. The molecule has 0 saturated heterocycles. The van der Waals surface area contributed by atoms with Gasteiger partial charge in [0.2, 0.25) is 0 Å². The second-order valence-corrected chi connectivity index (χ2v) is 3.14. The van der Waals surface area contributed by atoms with Gasteiger partial charge < -0.3 is 0 Å². The van der Waals surface area contributed by atoms with Gasteiger partial charge >= 0.3 is 0 Å². The molecule has 1 aromatic heterocycles. The molecule has 0 atom stereocenters. The first kappa shape index (κ1) is 9.71. The van der Waals surface area contributed by atoms with E-state index >= 15 is 0 Å². The van der Waals surface area contributed by atoms with Crippen LogP contribution in [0.3, 0.4) is 0 Å². The molecule has 0 bridgehead atoms. The van der Waals surface area contributed by atoms with Crippen LogP contribution in [-0.4, -0.2) is 23.0 Å². The molecular weight excluding hydrogens is 162 g/mol. The van der Waals surface area contributed by atoms with Crippen LogP contribution in [0.4, 0.5) is 0 Å². The quantitative estimate of drug-likeness (QED) is 0.634. The predicted molar refractivity (Wildman–Crippen MR) is 56.2 cm³/mol. The SMILES string of the molecule is C=C(C)c1c(C)nn(C)c1/C=N/C. The maximum Gasteiger partial charge on any atom is 0.0862 e. The third-order valence-corrected chi connectivity index (χ3v) is 1.94. The van der Waals surface area contributed by atoms with E-state index in [0.29, 0.717) is 0 Å². The Labute approximate surface area is 78.8 Å². The number of hydrogen-bond donors (Lipinski definition) is 0. The summed E-state index contributed by atoms with van der Waals surface area (Å²) in [5, 5.41) is 4.32. The summed E-state index contributed by atoms with van der Waals surface area (Å²) in [4.78, 5) is 4.00. The summed E-state index contributed by atoms with van der Waals surface area (Å²) >= 11 is 0. The summed E-state index contributed by atoms with van der Waals surface area (Å²) < 4.78 is 1.83. The lowest BCUT2D eigenvalue weighted by molar-refractivity contribution is 0.751. The molecule has 0 radical (unpaired) electrons. The van der Waals surface area contributed by atoms with E-state index in [1.807, 2.05) is 31.8 Å². The maximum atomic E-state index is 4.32. The van der Waals surface area contributed by atoms with Crippen molar-refractivity contribution in [1.82, 2.24) is 9.78 Å². The van der Waals surface area contributed by atoms with Gasteiger partial charge in [0.25, 0.3) is 0 Å². The van der Waals surface area contributed by atoms with Crippen LogP contribution in [-0.2, 0) is 7.05 Å². The Bertz CT molecular complexity index is 358. The normalized spacial score (nSPS) is 11.1. The molecule has 0 saturated carbocycles. The molecule has 0 amide bonds. The van der Waals surface area contributed by atoms with E-state index in [-0.39, 0.29) is 0 Å². The standard InChI is InChI=1S/C10H15N3/c1-7(2)10-8(3)12-13(5)9(10)6-11-4/h6H,1H2,2-5H3/b11-6+. The molecule has 1 rings (SSSR count). The lowest BCUT2D eigenvalue weighted by atomic mass is 10.1. The van der Waals surface area contributed by atoms with Gasteiger partial charge in [0.05, 0.1) is 11.4 Å². The van der Waals surface area contributed by atoms with Gasteiger partial charge in [-0.15, -0.1) is 0 Å². The van der Waals surface area contributed by atoms with Crippen molar-refractivity contribution in [2.24, 2.45) is 12.0 Å². The van der Waals surface area contributed by atoms with Gasteiger partial charge in [-0.1, -0.05) is 6.58 Å². The zero-order chi connectivity index (χ0) is 10.0. The molecular formula is C10H15N3. The molecule has 0 fully saturated rings. The number of hydrogen-bond acceptors (Lipinski definition) is 2. The van der Waals surface area contributed by atoms with Crippen molar-refractivity contribution in [3.05, 3.63) is 23.5 Å². The average Bonchev–Trinajstić information content (AvgIpc) is 2.27. The summed E-state index contributed by atoms with van der Waals surface area (Å²) in [6.07, 6.45) is 1.81. The lowest BCUT2D eigenvalue weighted by Gasteiger charge is -1.99. The Morgan fingerprint density at radius 3 is 2.69 bits per heavy atom. The van der Waals surface area contributed by atoms with Crippen LogP contribution in [0.25, 0.3) is 5.57 Å². The fourth-order valence-electron chi connectivity index (χ4n) is 1.47. The molecule has 0 N–H and O–H groups in total. The monoisotopic (exact) mass is 177 g/mol. The van der Waals surface area contributed by atoms with Crippen LogP contribution in [0, 0.1) is 6.92 Å². The number of aromatic nitrogens is 2. The van der Waals surface area contributed by atoms with E-state index in [1.165, 1.54) is 0 Å². The number of nitrogens with zero attached hydrogens (tertiary/aromatic N) is 3. The predicted octanol–water partition coefficient (Wildman–Crippen LogP) is 1.81. The molecule has 0 aliphatic heterocycles. The number of allylic oxidation sites excluding steroid dienone is 1. The Kier molecular flexibility index (Phi) is 2.66. The zero-order valence-electron chi connectivity index (χ0n) is 8.63. The van der Waals surface area contributed by atoms with Crippen molar-refractivity contribution in [2.45, 2.75) is 13.8 Å². The van der Waals surface area contributed by atoms with Gasteiger partial charge in [0, 0.05) is 25.9 Å². The number of aryl methyl sites for hydroxylation is 2. The van der Waals surface area contributed by atoms with Crippen molar-refractivity contribution in [2.75, 3.05) is 7.05 Å². The maximum absolute atomic E-state index is 4.32. The summed E-state index contributed by atoms with van der Waals surface area (Å²) in [5.74, 6) is 0. The molecule has 3 heteroatoms. The lowest BCUT2D eigenvalue weighted by Crippen LogP contribution is -1.98. The number of aliphatic imine (C=N–C) groups is 1. The highest BCUT2D eigenvalue weighted by molar-refractivity contribution is 5.86. The summed E-state index contributed by atoms with van der Waals surface area (Å²) in [6, 6.07) is 0. The molecule has 0 aliphatic rings. The highest BCUT2D eigenvalue weighted by Crippen LogP contribution is 2.19. The Morgan fingerprint density at radius 1 is 1.62 bits per heavy atom. The van der Waals surface area contributed by atoms with Crippen LogP contribution < -0.4 is 0 Å². The highest BCUT2D eigenvalue weighted by atomic mass is 15.3. The second kappa shape index (κ2) is 3.56. The summed E-state index contributed by atoms with van der Waals surface area (Å²) in [5.41, 5.74) is 4.16. The highest BCUT2D eigenvalue weighted by Gasteiger charge is 2.10. The Morgan fingerprint density at radius 2 is 2.23 bits per heavy atom. The van der Waals surface area contributed by atoms with Crippen molar-refractivity contribution in [1.29, 1.82) is 0 Å². The van der Waals surface area contributed by atoms with Crippen LogP contribution in [0.1, 0.15) is 23.9 Å². The smallest absolute Gasteiger partial charge is 0.0862 e. The number of rotatable bonds is 2. The molecule has 0 aliphatic carbocycles. The molecule has 1 aromatic rings. The largest absolute Gasteiger partial charge is 0.294 e. The second-order valence-electron chi connectivity index (χ2n) is 3.14. The first-order valence-corrected chi connectivity index (χ1v) is 4.19. The minimum absolute atomic E-state index is 1.00. The van der Waals surface area contributed by atoms with Crippen LogP contribution in [0.15, 0.2) is 11.6 Å². The molecule has 1 heterocycles. The van der Waals surface area contributed by atoms with Gasteiger partial charge in [0.1, 0.15) is 0 Å². The van der Waals surface area contributed by atoms with Gasteiger partial charge in [-0.05, 0) is 19.4 Å². The summed E-state index contributed by atoms with van der Waals surface area (Å²) in [7, 11) is 3.67. The van der Waals surface area contributed by atoms with Crippen LogP contribution >= 0.6 is 0 Å². The third kappa shape index (κ3) is 1.69. The molecule has 0 spiro atoms. The average molecular weight is 177 g/mol. The van der Waals surface area contributed by atoms with Crippen LogP contribution in [0.5, 0.6) is 0 Å². The van der Waals surface area contributed by atoms with Crippen molar-refractivity contribution >= 4 is 11.8 Å². The minimum atomic E-state index is 1.00. The van der Waals surface area contributed by atoms with E-state index in [4.69, 9.17) is 0 Å². The van der Waals surface area contributed by atoms with E-state index in [0.717, 1.165) is 22.5 Å². The van der Waals surface area contributed by atoms with Gasteiger partial charge in [0.15, 0.2) is 0 Å². The minimum Gasteiger partial charge on any atom is -0.294 e. The summed E-state index contributed by atoms with van der Waals surface area (Å²) in [6.45, 7) is 7.89. The Hall–Kier alpha value is -1.38. The molecule has 0 unspecified atom stereocenters. The first-order valence-electron chi connectivity index (χ1n) is 4.19. The van der Waals surface area contributed by atoms with Crippen LogP contribution in [0.2, 0.25) is 0 Å². The zero-order valence-corrected chi connectivity index (χ0v) is 8.63. The van der Waals surface area contributed by atoms with E-state index < -0.39 is 0 Å². The van der Waals surface area contributed by atoms with E-state index in [9.17, 15) is 0 Å².